The maximum absolute atomic E-state index is 4.10. The smallest absolute Gasteiger partial charge is 0.0664 e. The zero-order valence-corrected chi connectivity index (χ0v) is 6.75. The van der Waals surface area contributed by atoms with Crippen molar-refractivity contribution in [2.75, 3.05) is 0 Å². The third kappa shape index (κ3) is 1.39. The first kappa shape index (κ1) is 6.77. The average Bonchev–Trinajstić information content (AvgIpc) is 2.87. The van der Waals surface area contributed by atoms with Crippen molar-refractivity contribution in [2.45, 2.75) is 32.1 Å². The van der Waals surface area contributed by atoms with Crippen LogP contribution in [-0.4, -0.2) is 10.2 Å². The highest BCUT2D eigenvalue weighted by Gasteiger charge is 2.25. The Bertz CT molecular complexity index is 253. The zero-order chi connectivity index (χ0) is 7.68. The Morgan fingerprint density at radius 3 is 3.00 bits per heavy atom. The molecule has 0 amide bonds. The van der Waals surface area contributed by atoms with Crippen molar-refractivity contribution in [1.29, 1.82) is 0 Å². The lowest BCUT2D eigenvalue weighted by atomic mass is 10.2. The van der Waals surface area contributed by atoms with E-state index in [0.29, 0.717) is 0 Å². The summed E-state index contributed by atoms with van der Waals surface area (Å²) in [7, 11) is 0. The van der Waals surface area contributed by atoms with Gasteiger partial charge in [-0.25, -0.2) is 0 Å². The molecule has 0 unspecified atom stereocenters. The van der Waals surface area contributed by atoms with E-state index in [0.717, 1.165) is 12.3 Å². The van der Waals surface area contributed by atoms with Gasteiger partial charge in [0, 0.05) is 5.92 Å². The van der Waals surface area contributed by atoms with Crippen molar-refractivity contribution in [2.24, 2.45) is 0 Å². The van der Waals surface area contributed by atoms with Gasteiger partial charge in [0.25, 0.3) is 0 Å². The highest BCUT2D eigenvalue weighted by atomic mass is 15.1. The number of aromatic nitrogens is 2. The predicted molar refractivity (Wildman–Crippen MR) is 43.4 cm³/mol. The molecular weight excluding hydrogens is 136 g/mol. The molecule has 1 saturated carbocycles. The highest BCUT2D eigenvalue weighted by molar-refractivity contribution is 5.19. The van der Waals surface area contributed by atoms with Crippen LogP contribution in [0.2, 0.25) is 0 Å². The van der Waals surface area contributed by atoms with Crippen LogP contribution >= 0.6 is 0 Å². The fourth-order valence-corrected chi connectivity index (χ4v) is 1.20. The molecule has 1 aliphatic rings. The summed E-state index contributed by atoms with van der Waals surface area (Å²) in [5.74, 6) is 0.731. The van der Waals surface area contributed by atoms with Crippen LogP contribution in [-0.2, 0) is 6.42 Å². The minimum absolute atomic E-state index is 0.731. The lowest BCUT2D eigenvalue weighted by molar-refractivity contribution is 0.887. The molecule has 1 aromatic heterocycles. The molecule has 1 aromatic rings. The molecule has 2 nitrogen and oxygen atoms in total. The summed E-state index contributed by atoms with van der Waals surface area (Å²) in [5.41, 5.74) is 2.51. The van der Waals surface area contributed by atoms with Crippen LogP contribution in [0.15, 0.2) is 12.3 Å². The third-order valence-electron chi connectivity index (χ3n) is 2.13. The van der Waals surface area contributed by atoms with Crippen molar-refractivity contribution < 1.29 is 0 Å². The molecule has 1 aliphatic carbocycles. The summed E-state index contributed by atoms with van der Waals surface area (Å²) in [6, 6.07) is 2.19. The van der Waals surface area contributed by atoms with Crippen molar-refractivity contribution in [3.05, 3.63) is 23.5 Å². The van der Waals surface area contributed by atoms with Gasteiger partial charge in [-0.15, -0.1) is 0 Å². The van der Waals surface area contributed by atoms with Crippen LogP contribution in [0, 0.1) is 0 Å². The second-order valence-corrected chi connectivity index (χ2v) is 3.12. The van der Waals surface area contributed by atoms with Gasteiger partial charge in [-0.2, -0.15) is 10.2 Å². The fraction of sp³-hybridized carbons (Fsp3) is 0.556. The summed E-state index contributed by atoms with van der Waals surface area (Å²) in [4.78, 5) is 0. The van der Waals surface area contributed by atoms with Gasteiger partial charge < -0.3 is 0 Å². The van der Waals surface area contributed by atoms with Crippen LogP contribution in [0.4, 0.5) is 0 Å². The highest BCUT2D eigenvalue weighted by Crippen LogP contribution is 2.38. The Morgan fingerprint density at radius 2 is 2.36 bits per heavy atom. The molecule has 0 bridgehead atoms. The number of rotatable bonds is 2. The molecule has 2 rings (SSSR count). The standard InChI is InChI=1S/C9H12N2/c1-2-7-5-9(8-3-4-8)11-10-6-7/h5-6,8H,2-4H2,1H3. The summed E-state index contributed by atoms with van der Waals surface area (Å²) in [6.07, 6.45) is 5.53. The summed E-state index contributed by atoms with van der Waals surface area (Å²) in [6.45, 7) is 2.15. The Labute approximate surface area is 66.7 Å². The van der Waals surface area contributed by atoms with Gasteiger partial charge in [0.15, 0.2) is 0 Å². The van der Waals surface area contributed by atoms with E-state index >= 15 is 0 Å². The first-order valence-electron chi connectivity index (χ1n) is 4.21. The first-order chi connectivity index (χ1) is 5.40. The number of hydrogen-bond acceptors (Lipinski definition) is 2. The van der Waals surface area contributed by atoms with Gasteiger partial charge in [-0.05, 0) is 30.9 Å². The van der Waals surface area contributed by atoms with E-state index in [9.17, 15) is 0 Å². The SMILES string of the molecule is CCc1cnnc(C2CC2)c1. The second kappa shape index (κ2) is 2.61. The number of nitrogens with zero attached hydrogens (tertiary/aromatic N) is 2. The minimum atomic E-state index is 0.731. The average molecular weight is 148 g/mol. The van der Waals surface area contributed by atoms with Gasteiger partial charge in [0.2, 0.25) is 0 Å². The Balaban J connectivity index is 2.26. The number of hydrogen-bond donors (Lipinski definition) is 0. The minimum Gasteiger partial charge on any atom is -0.159 e. The van der Waals surface area contributed by atoms with E-state index in [1.165, 1.54) is 24.1 Å². The Hall–Kier alpha value is -0.920. The van der Waals surface area contributed by atoms with Crippen LogP contribution in [0.5, 0.6) is 0 Å². The molecule has 0 spiro atoms. The van der Waals surface area contributed by atoms with Crippen LogP contribution < -0.4 is 0 Å². The van der Waals surface area contributed by atoms with Gasteiger partial charge in [0.1, 0.15) is 0 Å². The largest absolute Gasteiger partial charge is 0.159 e. The van der Waals surface area contributed by atoms with E-state index < -0.39 is 0 Å². The molecular formula is C9H12N2. The predicted octanol–water partition coefficient (Wildman–Crippen LogP) is 1.92. The van der Waals surface area contributed by atoms with E-state index in [1.54, 1.807) is 0 Å². The monoisotopic (exact) mass is 148 g/mol. The molecule has 11 heavy (non-hydrogen) atoms. The second-order valence-electron chi connectivity index (χ2n) is 3.12. The molecule has 0 atom stereocenters. The fourth-order valence-electron chi connectivity index (χ4n) is 1.20. The van der Waals surface area contributed by atoms with Crippen LogP contribution in [0.25, 0.3) is 0 Å². The van der Waals surface area contributed by atoms with Crippen LogP contribution in [0.3, 0.4) is 0 Å². The third-order valence-corrected chi connectivity index (χ3v) is 2.13. The van der Waals surface area contributed by atoms with Crippen molar-refractivity contribution in [3.63, 3.8) is 0 Å². The van der Waals surface area contributed by atoms with Crippen molar-refractivity contribution >= 4 is 0 Å². The lowest BCUT2D eigenvalue weighted by Crippen LogP contribution is -1.92. The van der Waals surface area contributed by atoms with Gasteiger partial charge in [0.05, 0.1) is 11.9 Å². The van der Waals surface area contributed by atoms with E-state index in [-0.39, 0.29) is 0 Å². The summed E-state index contributed by atoms with van der Waals surface area (Å²) >= 11 is 0. The zero-order valence-electron chi connectivity index (χ0n) is 6.75. The van der Waals surface area contributed by atoms with E-state index in [4.69, 9.17) is 0 Å². The molecule has 58 valence electrons. The molecule has 0 N–H and O–H groups in total. The molecule has 0 radical (unpaired) electrons. The van der Waals surface area contributed by atoms with Gasteiger partial charge >= 0.3 is 0 Å². The Morgan fingerprint density at radius 1 is 1.55 bits per heavy atom. The van der Waals surface area contributed by atoms with Crippen molar-refractivity contribution in [1.82, 2.24) is 10.2 Å². The topological polar surface area (TPSA) is 25.8 Å². The van der Waals surface area contributed by atoms with Gasteiger partial charge in [-0.3, -0.25) is 0 Å². The molecule has 1 heterocycles. The van der Waals surface area contributed by atoms with Gasteiger partial charge in [-0.1, -0.05) is 6.92 Å². The van der Waals surface area contributed by atoms with Crippen LogP contribution in [0.1, 0.15) is 36.9 Å². The summed E-state index contributed by atoms with van der Waals surface area (Å²) in [5, 5.41) is 8.07. The molecule has 0 saturated heterocycles. The maximum Gasteiger partial charge on any atom is 0.0664 e. The lowest BCUT2D eigenvalue weighted by Gasteiger charge is -1.97. The Kier molecular flexibility index (Phi) is 1.60. The quantitative estimate of drug-likeness (QED) is 0.640. The normalized spacial score (nSPS) is 16.8. The van der Waals surface area contributed by atoms with Crippen molar-refractivity contribution in [3.8, 4) is 0 Å². The summed E-state index contributed by atoms with van der Waals surface area (Å²) < 4.78 is 0. The molecule has 0 aliphatic heterocycles. The van der Waals surface area contributed by atoms with E-state index in [1.807, 2.05) is 6.20 Å². The number of aryl methyl sites for hydroxylation is 1. The molecule has 0 aromatic carbocycles. The molecule has 1 fully saturated rings. The first-order valence-corrected chi connectivity index (χ1v) is 4.21. The van der Waals surface area contributed by atoms with E-state index in [2.05, 4.69) is 23.2 Å². The maximum atomic E-state index is 4.10. The molecule has 2 heteroatoms.